The molecule has 1 aromatic carbocycles. The third kappa shape index (κ3) is 4.82. The smallest absolute Gasteiger partial charge is 0.255 e. The van der Waals surface area contributed by atoms with Crippen LogP contribution in [0.1, 0.15) is 56.7 Å². The number of aliphatic hydroxyl groups is 3. The lowest BCUT2D eigenvalue weighted by Crippen LogP contribution is -2.65. The maximum atomic E-state index is 14.2. The summed E-state index contributed by atoms with van der Waals surface area (Å²) in [6, 6.07) is 6.22. The molecule has 0 bridgehead atoms. The summed E-state index contributed by atoms with van der Waals surface area (Å²) in [6.07, 6.45) is 4.07. The van der Waals surface area contributed by atoms with Gasteiger partial charge < -0.3 is 26.2 Å². The maximum Gasteiger partial charge on any atom is 0.255 e. The first-order chi connectivity index (χ1) is 20.1. The molecule has 228 valence electrons. The zero-order valence-electron chi connectivity index (χ0n) is 25.1. The number of Topliss-reactive ketones (excluding diaryl/α,β-unsaturated/α-hetero) is 2. The van der Waals surface area contributed by atoms with Gasteiger partial charge in [-0.3, -0.25) is 24.3 Å². The SMILES string of the molecule is CN(C)[C@H]1C(=O)C(C(N)=O)=C(O)[C@]2(O)C(=O)C3=C(O)c4c(O)c(CCCC(C)(C)C)cc(-c5ccccn5)c4C[C@@H]3C[C@H]12. The van der Waals surface area contributed by atoms with Crippen LogP contribution < -0.4 is 5.73 Å². The highest BCUT2D eigenvalue weighted by Gasteiger charge is 2.64. The minimum absolute atomic E-state index is 0.0293. The summed E-state index contributed by atoms with van der Waals surface area (Å²) in [4.78, 5) is 45.8. The van der Waals surface area contributed by atoms with Crippen LogP contribution in [-0.4, -0.2) is 73.5 Å². The number of hydrogen-bond donors (Lipinski definition) is 5. The van der Waals surface area contributed by atoms with Crippen LogP contribution in [0.2, 0.25) is 0 Å². The Balaban J connectivity index is 1.72. The zero-order valence-corrected chi connectivity index (χ0v) is 25.1. The molecule has 0 unspecified atom stereocenters. The Labute approximate surface area is 250 Å². The standard InChI is InChI=1S/C33H39N3O7/c1-32(2,3)11-8-9-16-13-18(21-10-6-7-12-35-21)19-14-17-15-20-25(36(4)5)28(39)24(31(34)42)30(41)33(20,43)29(40)22(17)27(38)23(19)26(16)37/h6-7,10,12-13,17,20,25,37-38,41,43H,8-9,11,14-15H2,1-5H3,(H2,34,42)/t17-,20-,25-,33-/m1/s1. The molecule has 6 N–H and O–H groups in total. The molecule has 10 nitrogen and oxygen atoms in total. The van der Waals surface area contributed by atoms with Gasteiger partial charge in [0.2, 0.25) is 5.78 Å². The van der Waals surface area contributed by atoms with Gasteiger partial charge in [-0.2, -0.15) is 0 Å². The molecule has 10 heteroatoms. The number of hydrogen-bond acceptors (Lipinski definition) is 9. The summed E-state index contributed by atoms with van der Waals surface area (Å²) < 4.78 is 0. The Hall–Kier alpha value is -4.02. The van der Waals surface area contributed by atoms with Crippen LogP contribution in [0, 0.1) is 17.3 Å². The first kappa shape index (κ1) is 30.4. The van der Waals surface area contributed by atoms with Crippen LogP contribution in [0.25, 0.3) is 17.0 Å². The molecule has 1 saturated carbocycles. The van der Waals surface area contributed by atoms with Gasteiger partial charge in [-0.05, 0) is 86.9 Å². The normalized spacial score (nSPS) is 25.5. The highest BCUT2D eigenvalue weighted by molar-refractivity contribution is 6.24. The fourth-order valence-electron chi connectivity index (χ4n) is 7.12. The summed E-state index contributed by atoms with van der Waals surface area (Å²) in [5.74, 6) is -6.60. The van der Waals surface area contributed by atoms with Crippen molar-refractivity contribution >= 4 is 23.2 Å². The summed E-state index contributed by atoms with van der Waals surface area (Å²) in [5, 5.41) is 46.2. The van der Waals surface area contributed by atoms with Gasteiger partial charge in [0.05, 0.1) is 17.3 Å². The van der Waals surface area contributed by atoms with Gasteiger partial charge >= 0.3 is 0 Å². The molecule has 1 heterocycles. The average Bonchev–Trinajstić information content (AvgIpc) is 2.91. The van der Waals surface area contributed by atoms with Gasteiger partial charge in [0.15, 0.2) is 11.4 Å². The number of likely N-dealkylation sites (N-methyl/N-ethyl adjacent to an activating group) is 1. The largest absolute Gasteiger partial charge is 0.508 e. The van der Waals surface area contributed by atoms with Crippen LogP contribution in [0.5, 0.6) is 5.75 Å². The highest BCUT2D eigenvalue weighted by atomic mass is 16.3. The van der Waals surface area contributed by atoms with Crippen LogP contribution >= 0.6 is 0 Å². The van der Waals surface area contributed by atoms with E-state index in [1.807, 2.05) is 18.2 Å². The van der Waals surface area contributed by atoms with E-state index in [-0.39, 0.29) is 35.1 Å². The van der Waals surface area contributed by atoms with E-state index in [2.05, 4.69) is 25.8 Å². The number of nitrogens with two attached hydrogens (primary N) is 1. The van der Waals surface area contributed by atoms with E-state index in [0.29, 0.717) is 28.8 Å². The third-order valence-corrected chi connectivity index (χ3v) is 9.11. The molecule has 3 aliphatic rings. The minimum Gasteiger partial charge on any atom is -0.508 e. The van der Waals surface area contributed by atoms with Crippen molar-refractivity contribution in [3.8, 4) is 17.0 Å². The number of ketones is 2. The fourth-order valence-corrected chi connectivity index (χ4v) is 7.12. The second kappa shape index (κ2) is 10.6. The number of amides is 1. The zero-order chi connectivity index (χ0) is 31.6. The predicted octanol–water partition coefficient (Wildman–Crippen LogP) is 3.39. The Morgan fingerprint density at radius 1 is 1.16 bits per heavy atom. The number of carbonyl (C=O) groups is 3. The third-order valence-electron chi connectivity index (χ3n) is 9.11. The maximum absolute atomic E-state index is 14.2. The number of fused-ring (bicyclic) bond motifs is 3. The van der Waals surface area contributed by atoms with E-state index in [4.69, 9.17) is 5.73 Å². The molecule has 0 spiro atoms. The molecule has 1 fully saturated rings. The Kier molecular flexibility index (Phi) is 7.51. The Morgan fingerprint density at radius 3 is 2.44 bits per heavy atom. The molecule has 5 rings (SSSR count). The first-order valence-electron chi connectivity index (χ1n) is 14.5. The lowest BCUT2D eigenvalue weighted by Gasteiger charge is -2.50. The number of nitrogens with zero attached hydrogens (tertiary/aromatic N) is 2. The van der Waals surface area contributed by atoms with Crippen LogP contribution in [0.4, 0.5) is 0 Å². The van der Waals surface area contributed by atoms with Crippen molar-refractivity contribution in [2.24, 2.45) is 23.0 Å². The van der Waals surface area contributed by atoms with Crippen LogP contribution in [-0.2, 0) is 27.2 Å². The molecular formula is C33H39N3O7. The van der Waals surface area contributed by atoms with E-state index in [1.165, 1.54) is 4.90 Å². The lowest BCUT2D eigenvalue weighted by molar-refractivity contribution is -0.153. The van der Waals surface area contributed by atoms with Crippen molar-refractivity contribution in [1.82, 2.24) is 9.88 Å². The fraction of sp³-hybridized carbons (Fsp3) is 0.455. The second-order valence-corrected chi connectivity index (χ2v) is 13.4. The van der Waals surface area contributed by atoms with Gasteiger partial charge in [0, 0.05) is 23.3 Å². The summed E-state index contributed by atoms with van der Waals surface area (Å²) in [5.41, 5.74) is 4.44. The number of aryl methyl sites for hydroxylation is 1. The van der Waals surface area contributed by atoms with E-state index >= 15 is 0 Å². The number of benzene rings is 1. The number of primary amides is 1. The molecule has 3 aliphatic carbocycles. The number of aliphatic hydroxyl groups excluding tert-OH is 2. The summed E-state index contributed by atoms with van der Waals surface area (Å²) in [7, 11) is 3.15. The van der Waals surface area contributed by atoms with E-state index in [1.54, 1.807) is 26.4 Å². The van der Waals surface area contributed by atoms with Crippen LogP contribution in [0.15, 0.2) is 47.4 Å². The number of phenols is 1. The van der Waals surface area contributed by atoms with Crippen molar-refractivity contribution in [2.75, 3.05) is 14.1 Å². The molecule has 1 amide bonds. The average molecular weight is 590 g/mol. The van der Waals surface area contributed by atoms with Crippen LogP contribution in [0.3, 0.4) is 0 Å². The van der Waals surface area contributed by atoms with Crippen molar-refractivity contribution in [3.05, 3.63) is 64.1 Å². The van der Waals surface area contributed by atoms with Crippen molar-refractivity contribution in [3.63, 3.8) is 0 Å². The number of aromatic hydroxyl groups is 1. The molecule has 0 radical (unpaired) electrons. The minimum atomic E-state index is -2.67. The van der Waals surface area contributed by atoms with Gasteiger partial charge in [0.25, 0.3) is 5.91 Å². The van der Waals surface area contributed by atoms with E-state index in [9.17, 15) is 34.8 Å². The second-order valence-electron chi connectivity index (χ2n) is 13.4. The van der Waals surface area contributed by atoms with Gasteiger partial charge in [-0.1, -0.05) is 26.8 Å². The molecule has 4 atom stereocenters. The molecular weight excluding hydrogens is 550 g/mol. The predicted molar refractivity (Wildman–Crippen MR) is 160 cm³/mol. The summed E-state index contributed by atoms with van der Waals surface area (Å²) >= 11 is 0. The first-order valence-corrected chi connectivity index (χ1v) is 14.5. The van der Waals surface area contributed by atoms with Gasteiger partial charge in [0.1, 0.15) is 22.8 Å². The topological polar surface area (TPSA) is 174 Å². The summed E-state index contributed by atoms with van der Waals surface area (Å²) in [6.45, 7) is 6.40. The highest BCUT2D eigenvalue weighted by Crippen LogP contribution is 2.54. The molecule has 0 saturated heterocycles. The molecule has 0 aliphatic heterocycles. The van der Waals surface area contributed by atoms with Gasteiger partial charge in [-0.15, -0.1) is 0 Å². The molecule has 43 heavy (non-hydrogen) atoms. The van der Waals surface area contributed by atoms with Crippen molar-refractivity contribution in [2.45, 2.75) is 64.5 Å². The number of pyridine rings is 1. The van der Waals surface area contributed by atoms with E-state index < -0.39 is 58.0 Å². The number of carbonyl (C=O) groups excluding carboxylic acids is 3. The molecule has 2 aromatic rings. The quantitative estimate of drug-likeness (QED) is 0.316. The lowest BCUT2D eigenvalue weighted by atomic mass is 9.57. The molecule has 1 aromatic heterocycles. The van der Waals surface area contributed by atoms with E-state index in [0.717, 1.165) is 12.8 Å². The number of phenolic OH excluding ortho intramolecular Hbond substituents is 1. The Bertz CT molecular complexity index is 1590. The number of rotatable bonds is 6. The van der Waals surface area contributed by atoms with Crippen molar-refractivity contribution < 1.29 is 34.8 Å². The monoisotopic (exact) mass is 589 g/mol. The number of aromatic nitrogens is 1. The van der Waals surface area contributed by atoms with Gasteiger partial charge in [-0.25, -0.2) is 0 Å². The van der Waals surface area contributed by atoms with Crippen molar-refractivity contribution in [1.29, 1.82) is 0 Å². The Morgan fingerprint density at radius 2 is 1.86 bits per heavy atom.